The lowest BCUT2D eigenvalue weighted by Gasteiger charge is -2.08. The van der Waals surface area contributed by atoms with Crippen molar-refractivity contribution in [3.05, 3.63) is 58.6 Å². The Morgan fingerprint density at radius 3 is 2.86 bits per heavy atom. The number of hydrogen-bond acceptors (Lipinski definition) is 2. The smallest absolute Gasteiger partial charge is 0.111 e. The van der Waals surface area contributed by atoms with Gasteiger partial charge in [0.15, 0.2) is 0 Å². The molecule has 2 heterocycles. The SMILES string of the molecule is ClCCc1nc2ccc(Br)cc2n1CCc1cccnc1. The van der Waals surface area contributed by atoms with E-state index in [1.165, 1.54) is 5.56 Å². The number of rotatable bonds is 5. The molecule has 0 amide bonds. The lowest BCUT2D eigenvalue weighted by atomic mass is 10.2. The average molecular weight is 365 g/mol. The fraction of sp³-hybridized carbons (Fsp3) is 0.250. The van der Waals surface area contributed by atoms with E-state index in [-0.39, 0.29) is 0 Å². The second-order valence-electron chi connectivity index (χ2n) is 4.86. The average Bonchev–Trinajstić information content (AvgIpc) is 2.83. The van der Waals surface area contributed by atoms with Crippen molar-refractivity contribution in [2.75, 3.05) is 5.88 Å². The monoisotopic (exact) mass is 363 g/mol. The van der Waals surface area contributed by atoms with E-state index in [9.17, 15) is 0 Å². The molecule has 0 unspecified atom stereocenters. The number of fused-ring (bicyclic) bond motifs is 1. The molecule has 0 aliphatic heterocycles. The normalized spacial score (nSPS) is 11.1. The first-order chi connectivity index (χ1) is 10.3. The molecular weight excluding hydrogens is 350 g/mol. The maximum Gasteiger partial charge on any atom is 0.111 e. The summed E-state index contributed by atoms with van der Waals surface area (Å²) in [5.74, 6) is 1.62. The Hall–Kier alpha value is -1.39. The van der Waals surface area contributed by atoms with Crippen molar-refractivity contribution in [3.63, 3.8) is 0 Å². The second kappa shape index (κ2) is 6.58. The van der Waals surface area contributed by atoms with Crippen LogP contribution in [0.1, 0.15) is 11.4 Å². The van der Waals surface area contributed by atoms with Gasteiger partial charge in [0.05, 0.1) is 11.0 Å². The molecule has 3 rings (SSSR count). The number of alkyl halides is 1. The van der Waals surface area contributed by atoms with Crippen LogP contribution in [-0.4, -0.2) is 20.4 Å². The molecule has 0 N–H and O–H groups in total. The standard InChI is InChI=1S/C16H15BrClN3/c17-13-3-4-14-15(10-13)21(16(20-14)5-7-18)9-6-12-2-1-8-19-11-12/h1-4,8,10-11H,5-7,9H2. The Balaban J connectivity index is 1.94. The number of aromatic nitrogens is 3. The van der Waals surface area contributed by atoms with Gasteiger partial charge in [0.25, 0.3) is 0 Å². The fourth-order valence-corrected chi connectivity index (χ4v) is 2.98. The van der Waals surface area contributed by atoms with E-state index in [1.807, 2.05) is 24.4 Å². The van der Waals surface area contributed by atoms with E-state index in [4.69, 9.17) is 16.6 Å². The molecule has 0 fully saturated rings. The number of pyridine rings is 1. The van der Waals surface area contributed by atoms with Gasteiger partial charge in [-0.2, -0.15) is 0 Å². The van der Waals surface area contributed by atoms with E-state index < -0.39 is 0 Å². The van der Waals surface area contributed by atoms with Gasteiger partial charge in [-0.1, -0.05) is 22.0 Å². The van der Waals surface area contributed by atoms with Crippen LogP contribution in [0.3, 0.4) is 0 Å². The molecule has 3 aromatic rings. The van der Waals surface area contributed by atoms with Gasteiger partial charge in [-0.15, -0.1) is 11.6 Å². The summed E-state index contributed by atoms with van der Waals surface area (Å²) in [6, 6.07) is 10.2. The van der Waals surface area contributed by atoms with Crippen molar-refractivity contribution < 1.29 is 0 Å². The minimum absolute atomic E-state index is 0.581. The number of nitrogens with zero attached hydrogens (tertiary/aromatic N) is 3. The molecule has 0 aliphatic rings. The third-order valence-corrected chi connectivity index (χ3v) is 4.14. The predicted molar refractivity (Wildman–Crippen MR) is 89.8 cm³/mol. The van der Waals surface area contributed by atoms with Gasteiger partial charge in [-0.25, -0.2) is 4.98 Å². The summed E-state index contributed by atoms with van der Waals surface area (Å²) in [4.78, 5) is 8.86. The van der Waals surface area contributed by atoms with Crippen molar-refractivity contribution in [2.45, 2.75) is 19.4 Å². The minimum atomic E-state index is 0.581. The Labute approximate surface area is 137 Å². The first kappa shape index (κ1) is 14.5. The summed E-state index contributed by atoms with van der Waals surface area (Å²) in [5.41, 5.74) is 3.39. The third kappa shape index (κ3) is 3.27. The molecule has 1 aromatic carbocycles. The van der Waals surface area contributed by atoms with Crippen LogP contribution in [0, 0.1) is 0 Å². The number of aryl methyl sites for hydroxylation is 3. The molecule has 0 atom stereocenters. The zero-order valence-electron chi connectivity index (χ0n) is 11.5. The van der Waals surface area contributed by atoms with E-state index in [2.05, 4.69) is 37.6 Å². The topological polar surface area (TPSA) is 30.7 Å². The van der Waals surface area contributed by atoms with Crippen LogP contribution in [0.25, 0.3) is 11.0 Å². The maximum atomic E-state index is 5.91. The lowest BCUT2D eigenvalue weighted by molar-refractivity contribution is 0.673. The van der Waals surface area contributed by atoms with Crippen molar-refractivity contribution >= 4 is 38.6 Å². The summed E-state index contributed by atoms with van der Waals surface area (Å²) < 4.78 is 3.32. The summed E-state index contributed by atoms with van der Waals surface area (Å²) in [5, 5.41) is 0. The van der Waals surface area contributed by atoms with Crippen LogP contribution in [0.4, 0.5) is 0 Å². The van der Waals surface area contributed by atoms with Gasteiger partial charge in [-0.05, 0) is 36.2 Å². The Morgan fingerprint density at radius 1 is 1.19 bits per heavy atom. The molecule has 2 aromatic heterocycles. The molecule has 21 heavy (non-hydrogen) atoms. The number of hydrogen-bond donors (Lipinski definition) is 0. The minimum Gasteiger partial charge on any atom is -0.328 e. The second-order valence-corrected chi connectivity index (χ2v) is 6.16. The first-order valence-electron chi connectivity index (χ1n) is 6.87. The molecule has 108 valence electrons. The largest absolute Gasteiger partial charge is 0.328 e. The Bertz CT molecular complexity index is 740. The highest BCUT2D eigenvalue weighted by molar-refractivity contribution is 9.10. The summed E-state index contributed by atoms with van der Waals surface area (Å²) in [6.45, 7) is 0.880. The molecule has 0 saturated heterocycles. The molecule has 0 spiro atoms. The van der Waals surface area contributed by atoms with Crippen LogP contribution in [0.2, 0.25) is 0 Å². The van der Waals surface area contributed by atoms with Crippen molar-refractivity contribution in [2.24, 2.45) is 0 Å². The van der Waals surface area contributed by atoms with Gasteiger partial charge in [0.1, 0.15) is 5.82 Å². The van der Waals surface area contributed by atoms with Crippen LogP contribution >= 0.6 is 27.5 Å². The van der Waals surface area contributed by atoms with Crippen LogP contribution in [-0.2, 0) is 19.4 Å². The van der Waals surface area contributed by atoms with Gasteiger partial charge < -0.3 is 4.57 Å². The fourth-order valence-electron chi connectivity index (χ4n) is 2.46. The quantitative estimate of drug-likeness (QED) is 0.635. The van der Waals surface area contributed by atoms with Crippen LogP contribution < -0.4 is 0 Å². The molecule has 0 saturated carbocycles. The molecule has 5 heteroatoms. The highest BCUT2D eigenvalue weighted by Crippen LogP contribution is 2.22. The first-order valence-corrected chi connectivity index (χ1v) is 8.20. The molecule has 0 bridgehead atoms. The van der Waals surface area contributed by atoms with E-state index >= 15 is 0 Å². The van der Waals surface area contributed by atoms with E-state index in [0.29, 0.717) is 5.88 Å². The Kier molecular flexibility index (Phi) is 4.56. The lowest BCUT2D eigenvalue weighted by Crippen LogP contribution is -2.07. The zero-order valence-corrected chi connectivity index (χ0v) is 13.8. The predicted octanol–water partition coefficient (Wildman–Crippen LogP) is 4.22. The van der Waals surface area contributed by atoms with Gasteiger partial charge >= 0.3 is 0 Å². The molecule has 3 nitrogen and oxygen atoms in total. The van der Waals surface area contributed by atoms with Crippen molar-refractivity contribution in [1.82, 2.24) is 14.5 Å². The number of benzene rings is 1. The molecule has 0 radical (unpaired) electrons. The van der Waals surface area contributed by atoms with E-state index in [0.717, 1.165) is 40.7 Å². The highest BCUT2D eigenvalue weighted by atomic mass is 79.9. The van der Waals surface area contributed by atoms with Crippen molar-refractivity contribution in [1.29, 1.82) is 0 Å². The molecular formula is C16H15BrClN3. The van der Waals surface area contributed by atoms with Gasteiger partial charge in [-0.3, -0.25) is 4.98 Å². The summed E-state index contributed by atoms with van der Waals surface area (Å²) in [7, 11) is 0. The highest BCUT2D eigenvalue weighted by Gasteiger charge is 2.10. The van der Waals surface area contributed by atoms with Crippen LogP contribution in [0.5, 0.6) is 0 Å². The zero-order chi connectivity index (χ0) is 14.7. The van der Waals surface area contributed by atoms with Gasteiger partial charge in [0, 0.05) is 35.7 Å². The summed E-state index contributed by atoms with van der Waals surface area (Å²) in [6.07, 6.45) is 5.42. The molecule has 0 aliphatic carbocycles. The Morgan fingerprint density at radius 2 is 2.10 bits per heavy atom. The third-order valence-electron chi connectivity index (χ3n) is 3.45. The van der Waals surface area contributed by atoms with E-state index in [1.54, 1.807) is 6.20 Å². The maximum absolute atomic E-state index is 5.91. The van der Waals surface area contributed by atoms with Crippen LogP contribution in [0.15, 0.2) is 47.2 Å². The van der Waals surface area contributed by atoms with Crippen molar-refractivity contribution in [3.8, 4) is 0 Å². The number of halogens is 2. The van der Waals surface area contributed by atoms with Gasteiger partial charge in [0.2, 0.25) is 0 Å². The summed E-state index contributed by atoms with van der Waals surface area (Å²) >= 11 is 9.45. The number of imidazole rings is 1.